The predicted molar refractivity (Wildman–Crippen MR) is 108 cm³/mol. The highest BCUT2D eigenvalue weighted by atomic mass is 32.2. The zero-order valence-electron chi connectivity index (χ0n) is 16.6. The standard InChI is InChI=1S/C20H28N4O3S/c1-15-9-11-24(12-10-15)28(26,27)20-18(14-23(3)22-20)19(25)21-13-16(2)17-7-5-4-6-8-17/h4-8,14-16H,9-13H2,1-3H3,(H,21,25). The quantitative estimate of drug-likeness (QED) is 0.801. The van der Waals surface area contributed by atoms with Crippen molar-refractivity contribution in [3.8, 4) is 0 Å². The summed E-state index contributed by atoms with van der Waals surface area (Å²) in [6.07, 6.45) is 3.12. The summed E-state index contributed by atoms with van der Waals surface area (Å²) in [6, 6.07) is 9.88. The second kappa shape index (κ2) is 8.45. The van der Waals surface area contributed by atoms with Crippen molar-refractivity contribution in [3.05, 3.63) is 47.7 Å². The van der Waals surface area contributed by atoms with Gasteiger partial charge in [0.25, 0.3) is 15.9 Å². The largest absolute Gasteiger partial charge is 0.351 e. The maximum atomic E-state index is 13.1. The molecule has 152 valence electrons. The van der Waals surface area contributed by atoms with Gasteiger partial charge in [0.15, 0.2) is 0 Å². The molecular formula is C20H28N4O3S. The van der Waals surface area contributed by atoms with E-state index in [0.29, 0.717) is 25.6 Å². The Morgan fingerprint density at radius 2 is 1.89 bits per heavy atom. The summed E-state index contributed by atoms with van der Waals surface area (Å²) in [6.45, 7) is 5.49. The third kappa shape index (κ3) is 4.44. The fraction of sp³-hybridized carbons (Fsp3) is 0.500. The van der Waals surface area contributed by atoms with Crippen LogP contribution in [0.25, 0.3) is 0 Å². The second-order valence-corrected chi connectivity index (χ2v) is 9.48. The lowest BCUT2D eigenvalue weighted by Gasteiger charge is -2.28. The minimum Gasteiger partial charge on any atom is -0.351 e. The van der Waals surface area contributed by atoms with E-state index >= 15 is 0 Å². The molecular weight excluding hydrogens is 376 g/mol. The van der Waals surface area contributed by atoms with Crippen molar-refractivity contribution in [1.82, 2.24) is 19.4 Å². The third-order valence-electron chi connectivity index (χ3n) is 5.30. The Kier molecular flexibility index (Phi) is 6.20. The van der Waals surface area contributed by atoms with Crippen molar-refractivity contribution in [2.45, 2.75) is 37.6 Å². The fourth-order valence-electron chi connectivity index (χ4n) is 3.40. The Bertz CT molecular complexity index is 916. The molecule has 2 aromatic rings. The number of rotatable bonds is 6. The molecule has 1 amide bonds. The molecule has 28 heavy (non-hydrogen) atoms. The summed E-state index contributed by atoms with van der Waals surface area (Å²) in [5.41, 5.74) is 1.21. The number of piperidine rings is 1. The van der Waals surface area contributed by atoms with Crippen LogP contribution in [0.5, 0.6) is 0 Å². The second-order valence-electron chi connectivity index (χ2n) is 7.63. The molecule has 2 heterocycles. The van der Waals surface area contributed by atoms with E-state index in [-0.39, 0.29) is 16.5 Å². The molecule has 3 rings (SSSR count). The van der Waals surface area contributed by atoms with Crippen molar-refractivity contribution in [2.75, 3.05) is 19.6 Å². The molecule has 1 fully saturated rings. The molecule has 0 spiro atoms. The van der Waals surface area contributed by atoms with Gasteiger partial charge in [-0.3, -0.25) is 9.48 Å². The topological polar surface area (TPSA) is 84.3 Å². The van der Waals surface area contributed by atoms with Crippen molar-refractivity contribution < 1.29 is 13.2 Å². The van der Waals surface area contributed by atoms with Gasteiger partial charge in [0.1, 0.15) is 0 Å². The van der Waals surface area contributed by atoms with Crippen molar-refractivity contribution in [2.24, 2.45) is 13.0 Å². The molecule has 0 saturated carbocycles. The van der Waals surface area contributed by atoms with E-state index in [1.54, 1.807) is 7.05 Å². The van der Waals surface area contributed by atoms with E-state index < -0.39 is 15.9 Å². The predicted octanol–water partition coefficient (Wildman–Crippen LogP) is 2.37. The normalized spacial score (nSPS) is 17.4. The van der Waals surface area contributed by atoms with Gasteiger partial charge in [0.05, 0.1) is 5.56 Å². The number of aromatic nitrogens is 2. The summed E-state index contributed by atoms with van der Waals surface area (Å²) in [4.78, 5) is 12.7. The Labute approximate surface area is 166 Å². The molecule has 1 aromatic heterocycles. The molecule has 1 aromatic carbocycles. The first kappa shape index (κ1) is 20.5. The molecule has 0 aliphatic carbocycles. The summed E-state index contributed by atoms with van der Waals surface area (Å²) < 4.78 is 29.0. The van der Waals surface area contributed by atoms with E-state index in [9.17, 15) is 13.2 Å². The number of nitrogens with one attached hydrogen (secondary N) is 1. The van der Waals surface area contributed by atoms with Gasteiger partial charge in [-0.15, -0.1) is 0 Å². The van der Waals surface area contributed by atoms with Crippen LogP contribution < -0.4 is 5.32 Å². The molecule has 1 unspecified atom stereocenters. The van der Waals surface area contributed by atoms with Gasteiger partial charge in [-0.25, -0.2) is 8.42 Å². The number of hydrogen-bond acceptors (Lipinski definition) is 4. The Balaban J connectivity index is 1.75. The van der Waals surface area contributed by atoms with Gasteiger partial charge < -0.3 is 5.32 Å². The molecule has 7 nitrogen and oxygen atoms in total. The maximum Gasteiger partial charge on any atom is 0.263 e. The van der Waals surface area contributed by atoms with Gasteiger partial charge in [-0.2, -0.15) is 9.40 Å². The number of aryl methyl sites for hydroxylation is 1. The average molecular weight is 405 g/mol. The number of carbonyl (C=O) groups is 1. The van der Waals surface area contributed by atoms with E-state index in [1.165, 1.54) is 15.2 Å². The van der Waals surface area contributed by atoms with Crippen LogP contribution in [0.1, 0.15) is 48.5 Å². The van der Waals surface area contributed by atoms with Crippen LogP contribution in [-0.2, 0) is 17.1 Å². The molecule has 1 aliphatic rings. The summed E-state index contributed by atoms with van der Waals surface area (Å²) in [7, 11) is -2.16. The van der Waals surface area contributed by atoms with Gasteiger partial charge in [0.2, 0.25) is 5.03 Å². The van der Waals surface area contributed by atoms with E-state index in [0.717, 1.165) is 18.4 Å². The SMILES string of the molecule is CC1CCN(S(=O)(=O)c2nn(C)cc2C(=O)NCC(C)c2ccccc2)CC1. The molecule has 1 aliphatic heterocycles. The monoisotopic (exact) mass is 404 g/mol. The molecule has 8 heteroatoms. The molecule has 0 bridgehead atoms. The van der Waals surface area contributed by atoms with Crippen molar-refractivity contribution in [1.29, 1.82) is 0 Å². The Morgan fingerprint density at radius 3 is 2.54 bits per heavy atom. The molecule has 1 N–H and O–H groups in total. The number of hydrogen-bond donors (Lipinski definition) is 1. The van der Waals surface area contributed by atoms with E-state index in [1.807, 2.05) is 37.3 Å². The first-order chi connectivity index (χ1) is 13.3. The highest BCUT2D eigenvalue weighted by Gasteiger charge is 2.34. The van der Waals surface area contributed by atoms with Crippen LogP contribution >= 0.6 is 0 Å². The van der Waals surface area contributed by atoms with Gasteiger partial charge in [-0.05, 0) is 30.2 Å². The highest BCUT2D eigenvalue weighted by molar-refractivity contribution is 7.89. The smallest absolute Gasteiger partial charge is 0.263 e. The van der Waals surface area contributed by atoms with Crippen LogP contribution in [0.4, 0.5) is 0 Å². The average Bonchev–Trinajstić information content (AvgIpc) is 3.09. The summed E-state index contributed by atoms with van der Waals surface area (Å²) >= 11 is 0. The lowest BCUT2D eigenvalue weighted by Crippen LogP contribution is -2.39. The number of amides is 1. The van der Waals surface area contributed by atoms with Crippen LogP contribution in [-0.4, -0.2) is 48.0 Å². The van der Waals surface area contributed by atoms with Crippen molar-refractivity contribution >= 4 is 15.9 Å². The van der Waals surface area contributed by atoms with Gasteiger partial charge >= 0.3 is 0 Å². The number of benzene rings is 1. The van der Waals surface area contributed by atoms with Gasteiger partial charge in [0, 0.05) is 32.9 Å². The fourth-order valence-corrected chi connectivity index (χ4v) is 4.99. The molecule has 1 saturated heterocycles. The maximum absolute atomic E-state index is 13.1. The Morgan fingerprint density at radius 1 is 1.25 bits per heavy atom. The zero-order chi connectivity index (χ0) is 20.3. The van der Waals surface area contributed by atoms with E-state index in [4.69, 9.17) is 0 Å². The molecule has 0 radical (unpaired) electrons. The van der Waals surface area contributed by atoms with Crippen molar-refractivity contribution in [3.63, 3.8) is 0 Å². The number of nitrogens with zero attached hydrogens (tertiary/aromatic N) is 3. The summed E-state index contributed by atoms with van der Waals surface area (Å²) in [5, 5.41) is 6.81. The molecule has 1 atom stereocenters. The lowest BCUT2D eigenvalue weighted by molar-refractivity contribution is 0.0948. The first-order valence-electron chi connectivity index (χ1n) is 9.66. The third-order valence-corrected chi connectivity index (χ3v) is 7.14. The lowest BCUT2D eigenvalue weighted by atomic mass is 10.0. The summed E-state index contributed by atoms with van der Waals surface area (Å²) in [5.74, 6) is 0.211. The van der Waals surface area contributed by atoms with Crippen LogP contribution in [0.15, 0.2) is 41.6 Å². The first-order valence-corrected chi connectivity index (χ1v) is 11.1. The minimum absolute atomic E-state index is 0.0985. The highest BCUT2D eigenvalue weighted by Crippen LogP contribution is 2.24. The van der Waals surface area contributed by atoms with Crippen LogP contribution in [0, 0.1) is 5.92 Å². The van der Waals surface area contributed by atoms with Gasteiger partial charge in [-0.1, -0.05) is 44.2 Å². The number of carbonyl (C=O) groups excluding carboxylic acids is 1. The van der Waals surface area contributed by atoms with Crippen LogP contribution in [0.2, 0.25) is 0 Å². The Hall–Kier alpha value is -2.19. The number of sulfonamides is 1. The zero-order valence-corrected chi connectivity index (χ0v) is 17.4. The minimum atomic E-state index is -3.79. The van der Waals surface area contributed by atoms with Crippen LogP contribution in [0.3, 0.4) is 0 Å². The van der Waals surface area contributed by atoms with E-state index in [2.05, 4.69) is 17.3 Å².